The van der Waals surface area contributed by atoms with Gasteiger partial charge in [0.2, 0.25) is 5.91 Å². The zero-order valence-corrected chi connectivity index (χ0v) is 15.5. The maximum atomic E-state index is 12.2. The summed E-state index contributed by atoms with van der Waals surface area (Å²) in [5.74, 6) is -1.97. The lowest BCUT2D eigenvalue weighted by atomic mass is 10.2. The van der Waals surface area contributed by atoms with Crippen LogP contribution in [-0.4, -0.2) is 46.6 Å². The van der Waals surface area contributed by atoms with Crippen molar-refractivity contribution >= 4 is 29.4 Å². The van der Waals surface area contributed by atoms with E-state index in [-0.39, 0.29) is 6.54 Å². The molecule has 2 aromatic carbocycles. The van der Waals surface area contributed by atoms with Crippen LogP contribution in [0.3, 0.4) is 0 Å². The average Bonchev–Trinajstić information content (AvgIpc) is 2.92. The van der Waals surface area contributed by atoms with Crippen LogP contribution in [0.25, 0.3) is 0 Å². The highest BCUT2D eigenvalue weighted by Gasteiger charge is 2.44. The molecular formula is C21H19N3O5. The SMILES string of the molecule is C=CCN1C(=O)C(=O)N(CC(=O)Nc2ccc(OCc3ccccc3)cc2)C1=O. The molecule has 1 N–H and O–H groups in total. The topological polar surface area (TPSA) is 96.0 Å². The monoisotopic (exact) mass is 393 g/mol. The molecule has 1 aliphatic rings. The molecule has 5 amide bonds. The van der Waals surface area contributed by atoms with Crippen LogP contribution in [0.15, 0.2) is 67.3 Å². The van der Waals surface area contributed by atoms with Crippen molar-refractivity contribution in [2.24, 2.45) is 0 Å². The highest BCUT2D eigenvalue weighted by Crippen LogP contribution is 2.18. The van der Waals surface area contributed by atoms with E-state index in [1.54, 1.807) is 24.3 Å². The van der Waals surface area contributed by atoms with Gasteiger partial charge >= 0.3 is 17.8 Å². The molecule has 8 heteroatoms. The molecule has 0 aliphatic carbocycles. The molecule has 0 aromatic heterocycles. The standard InChI is InChI=1S/C21H19N3O5/c1-2-12-23-19(26)20(27)24(21(23)28)13-18(25)22-16-8-10-17(11-9-16)29-14-15-6-4-3-5-7-15/h2-11H,1,12-14H2,(H,22,25). The van der Waals surface area contributed by atoms with E-state index >= 15 is 0 Å². The first-order chi connectivity index (χ1) is 14.0. The number of ether oxygens (including phenoxy) is 1. The van der Waals surface area contributed by atoms with Crippen LogP contribution >= 0.6 is 0 Å². The van der Waals surface area contributed by atoms with Gasteiger partial charge < -0.3 is 10.1 Å². The molecular weight excluding hydrogens is 374 g/mol. The molecule has 0 radical (unpaired) electrons. The van der Waals surface area contributed by atoms with Crippen molar-refractivity contribution in [3.05, 3.63) is 72.8 Å². The first-order valence-corrected chi connectivity index (χ1v) is 8.84. The molecule has 1 saturated heterocycles. The number of anilines is 1. The number of carbonyl (C=O) groups excluding carboxylic acids is 4. The predicted octanol–water partition coefficient (Wildman–Crippen LogP) is 2.18. The second kappa shape index (κ2) is 8.83. The smallest absolute Gasteiger partial charge is 0.335 e. The van der Waals surface area contributed by atoms with Crippen molar-refractivity contribution < 1.29 is 23.9 Å². The van der Waals surface area contributed by atoms with Crippen LogP contribution in [0, 0.1) is 0 Å². The van der Waals surface area contributed by atoms with Crippen LogP contribution in [-0.2, 0) is 21.0 Å². The van der Waals surface area contributed by atoms with Gasteiger partial charge in [-0.3, -0.25) is 19.3 Å². The Morgan fingerprint density at radius 1 is 0.966 bits per heavy atom. The average molecular weight is 393 g/mol. The Hall–Kier alpha value is -3.94. The van der Waals surface area contributed by atoms with Gasteiger partial charge in [-0.25, -0.2) is 9.69 Å². The maximum Gasteiger partial charge on any atom is 0.335 e. The molecule has 2 aromatic rings. The summed E-state index contributed by atoms with van der Waals surface area (Å²) < 4.78 is 5.67. The number of carbonyl (C=O) groups is 4. The molecule has 1 heterocycles. The van der Waals surface area contributed by atoms with Crippen LogP contribution in [0.4, 0.5) is 10.5 Å². The molecule has 0 unspecified atom stereocenters. The molecule has 8 nitrogen and oxygen atoms in total. The summed E-state index contributed by atoms with van der Waals surface area (Å²) >= 11 is 0. The second-order valence-corrected chi connectivity index (χ2v) is 6.23. The van der Waals surface area contributed by atoms with E-state index in [9.17, 15) is 19.2 Å². The maximum absolute atomic E-state index is 12.2. The number of benzene rings is 2. The minimum absolute atomic E-state index is 0.0913. The molecule has 1 aliphatic heterocycles. The van der Waals surface area contributed by atoms with Gasteiger partial charge in [-0.05, 0) is 29.8 Å². The summed E-state index contributed by atoms with van der Waals surface area (Å²) in [6.07, 6.45) is 1.33. The second-order valence-electron chi connectivity index (χ2n) is 6.23. The van der Waals surface area contributed by atoms with Crippen molar-refractivity contribution in [2.45, 2.75) is 6.61 Å². The summed E-state index contributed by atoms with van der Waals surface area (Å²) in [5, 5.41) is 2.58. The van der Waals surface area contributed by atoms with Gasteiger partial charge in [0.05, 0.1) is 0 Å². The fraction of sp³-hybridized carbons (Fsp3) is 0.143. The van der Waals surface area contributed by atoms with Gasteiger partial charge in [-0.15, -0.1) is 6.58 Å². The third-order valence-electron chi connectivity index (χ3n) is 4.13. The Bertz CT molecular complexity index is 941. The fourth-order valence-electron chi connectivity index (χ4n) is 2.70. The number of nitrogens with one attached hydrogen (secondary N) is 1. The lowest BCUT2D eigenvalue weighted by molar-refractivity contribution is -0.143. The van der Waals surface area contributed by atoms with E-state index in [2.05, 4.69) is 11.9 Å². The normalized spacial score (nSPS) is 13.6. The van der Waals surface area contributed by atoms with Gasteiger partial charge in [-0.1, -0.05) is 36.4 Å². The fourth-order valence-corrected chi connectivity index (χ4v) is 2.70. The van der Waals surface area contributed by atoms with Gasteiger partial charge in [0.1, 0.15) is 18.9 Å². The Balaban J connectivity index is 1.54. The predicted molar refractivity (Wildman–Crippen MR) is 105 cm³/mol. The molecule has 0 spiro atoms. The number of hydrogen-bond donors (Lipinski definition) is 1. The van der Waals surface area contributed by atoms with Gasteiger partial charge in [0, 0.05) is 12.2 Å². The molecule has 148 valence electrons. The van der Waals surface area contributed by atoms with Crippen LogP contribution in [0.5, 0.6) is 5.75 Å². The first-order valence-electron chi connectivity index (χ1n) is 8.84. The zero-order valence-electron chi connectivity index (χ0n) is 15.5. The van der Waals surface area contributed by atoms with E-state index in [1.807, 2.05) is 30.3 Å². The highest BCUT2D eigenvalue weighted by molar-refractivity contribution is 6.45. The third kappa shape index (κ3) is 4.67. The van der Waals surface area contributed by atoms with Gasteiger partial charge in [0.15, 0.2) is 0 Å². The molecule has 0 bridgehead atoms. The van der Waals surface area contributed by atoms with Gasteiger partial charge in [-0.2, -0.15) is 0 Å². The third-order valence-corrected chi connectivity index (χ3v) is 4.13. The van der Waals surface area contributed by atoms with Crippen LogP contribution in [0.1, 0.15) is 5.56 Å². The summed E-state index contributed by atoms with van der Waals surface area (Å²) in [7, 11) is 0. The van der Waals surface area contributed by atoms with E-state index < -0.39 is 30.3 Å². The van der Waals surface area contributed by atoms with Gasteiger partial charge in [0.25, 0.3) is 0 Å². The summed E-state index contributed by atoms with van der Waals surface area (Å²) in [4.78, 5) is 49.3. The number of hydrogen-bond acceptors (Lipinski definition) is 5. The minimum Gasteiger partial charge on any atom is -0.489 e. The van der Waals surface area contributed by atoms with Crippen molar-refractivity contribution in [2.75, 3.05) is 18.4 Å². The molecule has 1 fully saturated rings. The lowest BCUT2D eigenvalue weighted by Crippen LogP contribution is -2.39. The molecule has 29 heavy (non-hydrogen) atoms. The largest absolute Gasteiger partial charge is 0.489 e. The van der Waals surface area contributed by atoms with Crippen LogP contribution in [0.2, 0.25) is 0 Å². The Morgan fingerprint density at radius 2 is 1.62 bits per heavy atom. The minimum atomic E-state index is -1.03. The summed E-state index contributed by atoms with van der Waals surface area (Å²) in [6, 6.07) is 15.5. The van der Waals surface area contributed by atoms with Crippen molar-refractivity contribution in [1.82, 2.24) is 9.80 Å². The van der Waals surface area contributed by atoms with Crippen molar-refractivity contribution in [1.29, 1.82) is 0 Å². The van der Waals surface area contributed by atoms with Crippen molar-refractivity contribution in [3.63, 3.8) is 0 Å². The Labute approximate surface area is 167 Å². The zero-order chi connectivity index (χ0) is 20.8. The number of rotatable bonds is 8. The molecule has 3 rings (SSSR count). The Morgan fingerprint density at radius 3 is 2.28 bits per heavy atom. The van der Waals surface area contributed by atoms with Crippen molar-refractivity contribution in [3.8, 4) is 5.75 Å². The lowest BCUT2D eigenvalue weighted by Gasteiger charge is -2.14. The van der Waals surface area contributed by atoms with E-state index in [1.165, 1.54) is 6.08 Å². The number of imide groups is 2. The number of nitrogens with zero attached hydrogens (tertiary/aromatic N) is 2. The van der Waals surface area contributed by atoms with E-state index in [0.717, 1.165) is 10.5 Å². The summed E-state index contributed by atoms with van der Waals surface area (Å²) in [6.45, 7) is 3.21. The highest BCUT2D eigenvalue weighted by atomic mass is 16.5. The quantitative estimate of drug-likeness (QED) is 0.421. The van der Waals surface area contributed by atoms with Crippen LogP contribution < -0.4 is 10.1 Å². The number of amides is 5. The number of urea groups is 1. The first kappa shape index (κ1) is 19.8. The Kier molecular flexibility index (Phi) is 6.03. The molecule has 0 saturated carbocycles. The molecule has 0 atom stereocenters. The van der Waals surface area contributed by atoms with E-state index in [4.69, 9.17) is 4.74 Å². The summed E-state index contributed by atoms with van der Waals surface area (Å²) in [5.41, 5.74) is 1.50. The van der Waals surface area contributed by atoms with E-state index in [0.29, 0.717) is 22.9 Å².